The second-order valence-corrected chi connectivity index (χ2v) is 22.7. The van der Waals surface area contributed by atoms with E-state index in [0.717, 1.165) is 59.8 Å². The predicted molar refractivity (Wildman–Crippen MR) is 366 cm³/mol. The van der Waals surface area contributed by atoms with Gasteiger partial charge in [0.2, 0.25) is 0 Å². The molecule has 0 unspecified atom stereocenters. The molecule has 12 rings (SSSR count). The van der Waals surface area contributed by atoms with Crippen molar-refractivity contribution in [3.63, 3.8) is 0 Å². The van der Waals surface area contributed by atoms with Crippen molar-refractivity contribution in [3.05, 3.63) is 312 Å². The molecule has 0 fully saturated rings. The van der Waals surface area contributed by atoms with Crippen molar-refractivity contribution in [1.29, 1.82) is 0 Å². The summed E-state index contributed by atoms with van der Waals surface area (Å²) in [5, 5.41) is 0. The Bertz CT molecular complexity index is 4260. The van der Waals surface area contributed by atoms with E-state index in [1.807, 2.05) is 0 Å². The van der Waals surface area contributed by atoms with Gasteiger partial charge in [0.05, 0.1) is 0 Å². The minimum absolute atomic E-state index is 0.911. The minimum Gasteiger partial charge on any atom is -0.310 e. The van der Waals surface area contributed by atoms with E-state index in [1.165, 1.54) is 117 Å². The van der Waals surface area contributed by atoms with Crippen molar-refractivity contribution < 1.29 is 0 Å². The van der Waals surface area contributed by atoms with Crippen LogP contribution in [0, 0.1) is 20.8 Å². The van der Waals surface area contributed by atoms with Gasteiger partial charge in [-0.15, -0.1) is 0 Å². The first-order valence-corrected chi connectivity index (χ1v) is 30.4. The Balaban J connectivity index is 0.866. The van der Waals surface area contributed by atoms with Gasteiger partial charge in [-0.25, -0.2) is 0 Å². The fourth-order valence-corrected chi connectivity index (χ4v) is 12.2. The Morgan fingerprint density at radius 1 is 0.224 bits per heavy atom. The highest BCUT2D eigenvalue weighted by Gasteiger charge is 2.20. The van der Waals surface area contributed by atoms with E-state index in [1.54, 1.807) is 0 Å². The summed E-state index contributed by atoms with van der Waals surface area (Å²) >= 11 is 0. The van der Waals surface area contributed by atoms with Gasteiger partial charge in [0.1, 0.15) is 0 Å². The maximum Gasteiger partial charge on any atom is 0.0467 e. The number of rotatable bonds is 17. The third-order valence-corrected chi connectivity index (χ3v) is 17.1. The molecule has 416 valence electrons. The minimum atomic E-state index is 0.911. The van der Waals surface area contributed by atoms with Crippen LogP contribution in [0.3, 0.4) is 0 Å². The van der Waals surface area contributed by atoms with Gasteiger partial charge in [0, 0.05) is 34.1 Å². The van der Waals surface area contributed by atoms with Gasteiger partial charge in [-0.05, 0) is 231 Å². The molecule has 0 saturated carbocycles. The summed E-state index contributed by atoms with van der Waals surface area (Å²) in [6.07, 6.45) is 3.89. The van der Waals surface area contributed by atoms with Crippen molar-refractivity contribution in [3.8, 4) is 77.9 Å². The summed E-state index contributed by atoms with van der Waals surface area (Å²) < 4.78 is 0. The summed E-state index contributed by atoms with van der Waals surface area (Å²) in [6.45, 7) is 15.6. The topological polar surface area (TPSA) is 6.48 Å². The molecular formula is C83H74N2. The molecule has 0 bridgehead atoms. The average molecular weight is 1100 g/mol. The molecule has 0 saturated heterocycles. The van der Waals surface area contributed by atoms with Crippen LogP contribution in [0.5, 0.6) is 0 Å². The largest absolute Gasteiger partial charge is 0.310 e. The summed E-state index contributed by atoms with van der Waals surface area (Å²) in [7, 11) is 0. The Morgan fingerprint density at radius 3 is 0.965 bits per heavy atom. The van der Waals surface area contributed by atoms with Crippen molar-refractivity contribution >= 4 is 34.1 Å². The number of benzene rings is 12. The van der Waals surface area contributed by atoms with E-state index in [-0.39, 0.29) is 0 Å². The fraction of sp³-hybridized carbons (Fsp3) is 0.133. The Labute approximate surface area is 505 Å². The molecule has 0 amide bonds. The van der Waals surface area contributed by atoms with Crippen LogP contribution >= 0.6 is 0 Å². The van der Waals surface area contributed by atoms with Crippen LogP contribution in [-0.2, 0) is 25.7 Å². The van der Waals surface area contributed by atoms with Crippen molar-refractivity contribution in [2.75, 3.05) is 9.80 Å². The lowest BCUT2D eigenvalue weighted by atomic mass is 9.87. The zero-order chi connectivity index (χ0) is 58.4. The molecule has 12 aromatic rings. The van der Waals surface area contributed by atoms with Crippen LogP contribution in [0.1, 0.15) is 66.6 Å². The standard InChI is InChI=1S/C83H74N2/c1-8-60-24-28-64(29-25-60)66-32-40-75(41-33-66)84(76-44-36-68(37-45-76)70-18-12-16-57(5)50-70)79-23-15-21-73(54-79)72-20-14-22-74(53-72)82-55-63(11-4)83(56-62(82)10-3)81-49-48-80(52-59(81)7)85(78-46-38-69(39-47-78)71-19-13-17-58(6)51-71)77-42-34-67(35-43-77)65-30-26-61(9-2)27-31-65/h12-56H,8-11H2,1-7H3. The third kappa shape index (κ3) is 12.1. The van der Waals surface area contributed by atoms with E-state index >= 15 is 0 Å². The molecule has 0 spiro atoms. The molecule has 2 heteroatoms. The van der Waals surface area contributed by atoms with Gasteiger partial charge in [-0.2, -0.15) is 0 Å². The molecule has 0 aliphatic carbocycles. The van der Waals surface area contributed by atoms with Crippen LogP contribution < -0.4 is 9.80 Å². The normalized spacial score (nSPS) is 11.2. The van der Waals surface area contributed by atoms with Gasteiger partial charge in [0.15, 0.2) is 0 Å². The maximum absolute atomic E-state index is 2.48. The van der Waals surface area contributed by atoms with Crippen LogP contribution in [0.25, 0.3) is 77.9 Å². The van der Waals surface area contributed by atoms with Crippen LogP contribution in [0.2, 0.25) is 0 Å². The van der Waals surface area contributed by atoms with Gasteiger partial charge < -0.3 is 9.80 Å². The first kappa shape index (κ1) is 55.8. The van der Waals surface area contributed by atoms with Crippen molar-refractivity contribution in [1.82, 2.24) is 0 Å². The lowest BCUT2D eigenvalue weighted by Gasteiger charge is -2.27. The molecule has 0 heterocycles. The van der Waals surface area contributed by atoms with E-state index in [9.17, 15) is 0 Å². The summed E-state index contributed by atoms with van der Waals surface area (Å²) in [4.78, 5) is 4.79. The second-order valence-electron chi connectivity index (χ2n) is 22.7. The molecule has 12 aromatic carbocycles. The number of anilines is 6. The SMILES string of the molecule is CCc1ccc(-c2ccc(N(c3ccc(-c4cccc(C)c4)cc3)c3cccc(-c4cccc(-c5cc(CC)c(-c6ccc(N(c7ccc(-c8ccc(CC)cc8)cc7)c7ccc(-c8cccc(C)c8)cc7)cc6C)cc5CC)c4)c3)cc2)cc1. The lowest BCUT2D eigenvalue weighted by Crippen LogP contribution is -2.10. The maximum atomic E-state index is 2.48. The first-order valence-electron chi connectivity index (χ1n) is 30.4. The molecular weight excluding hydrogens is 1020 g/mol. The molecule has 0 aliphatic heterocycles. The van der Waals surface area contributed by atoms with E-state index in [2.05, 4.69) is 331 Å². The highest BCUT2D eigenvalue weighted by Crippen LogP contribution is 2.43. The van der Waals surface area contributed by atoms with E-state index in [4.69, 9.17) is 0 Å². The van der Waals surface area contributed by atoms with E-state index < -0.39 is 0 Å². The average Bonchev–Trinajstić information content (AvgIpc) is 3.11. The molecule has 0 aromatic heterocycles. The Morgan fingerprint density at radius 2 is 0.553 bits per heavy atom. The lowest BCUT2D eigenvalue weighted by molar-refractivity contribution is 1.10. The Hall–Kier alpha value is -9.76. The fourth-order valence-electron chi connectivity index (χ4n) is 12.2. The first-order chi connectivity index (χ1) is 41.6. The zero-order valence-corrected chi connectivity index (χ0v) is 50.2. The highest BCUT2D eigenvalue weighted by atomic mass is 15.1. The Kier molecular flexibility index (Phi) is 16.4. The second kappa shape index (κ2) is 25.0. The zero-order valence-electron chi connectivity index (χ0n) is 50.2. The van der Waals surface area contributed by atoms with E-state index in [0.29, 0.717) is 0 Å². The van der Waals surface area contributed by atoms with Crippen LogP contribution in [-0.4, -0.2) is 0 Å². The van der Waals surface area contributed by atoms with Crippen molar-refractivity contribution in [2.24, 2.45) is 0 Å². The number of aryl methyl sites for hydroxylation is 7. The predicted octanol–water partition coefficient (Wildman–Crippen LogP) is 23.5. The number of hydrogen-bond donors (Lipinski definition) is 0. The smallest absolute Gasteiger partial charge is 0.0467 e. The molecule has 85 heavy (non-hydrogen) atoms. The van der Waals surface area contributed by atoms with Crippen molar-refractivity contribution in [2.45, 2.75) is 74.1 Å². The van der Waals surface area contributed by atoms with Crippen LogP contribution in [0.15, 0.2) is 273 Å². The third-order valence-electron chi connectivity index (χ3n) is 17.1. The molecule has 0 aliphatic rings. The molecule has 0 atom stereocenters. The van der Waals surface area contributed by atoms with Gasteiger partial charge in [0.25, 0.3) is 0 Å². The summed E-state index contributed by atoms with van der Waals surface area (Å²) in [6, 6.07) is 102. The molecule has 0 N–H and O–H groups in total. The number of hydrogen-bond acceptors (Lipinski definition) is 2. The number of nitrogens with zero attached hydrogens (tertiary/aromatic N) is 2. The van der Waals surface area contributed by atoms with Gasteiger partial charge in [-0.3, -0.25) is 0 Å². The molecule has 0 radical (unpaired) electrons. The summed E-state index contributed by atoms with van der Waals surface area (Å²) in [5.74, 6) is 0. The summed E-state index contributed by atoms with van der Waals surface area (Å²) in [5.41, 5.74) is 33.0. The monoisotopic (exact) mass is 1100 g/mol. The van der Waals surface area contributed by atoms with Gasteiger partial charge >= 0.3 is 0 Å². The highest BCUT2D eigenvalue weighted by molar-refractivity contribution is 5.87. The van der Waals surface area contributed by atoms with Crippen LogP contribution in [0.4, 0.5) is 34.1 Å². The quantitative estimate of drug-likeness (QED) is 0.0897. The van der Waals surface area contributed by atoms with Gasteiger partial charge in [-0.1, -0.05) is 233 Å². The molecule has 2 nitrogen and oxygen atoms in total.